The molecule has 0 saturated carbocycles. The quantitative estimate of drug-likeness (QED) is 0.408. The zero-order chi connectivity index (χ0) is 21.5. The summed E-state index contributed by atoms with van der Waals surface area (Å²) in [4.78, 5) is 16.8. The molecule has 1 aromatic carbocycles. The van der Waals surface area contributed by atoms with Crippen LogP contribution in [0.25, 0.3) is 55.7 Å². The number of methoxy groups -OCH3 is 1. The van der Waals surface area contributed by atoms with Crippen LogP contribution >= 0.6 is 0 Å². The normalized spacial score (nSPS) is 11.3. The van der Waals surface area contributed by atoms with Crippen molar-refractivity contribution in [2.45, 2.75) is 0 Å². The Hall–Kier alpha value is -4.52. The number of benzene rings is 1. The Balaban J connectivity index is 1.50. The lowest BCUT2D eigenvalue weighted by molar-refractivity contribution is 0.413. The highest BCUT2D eigenvalue weighted by Gasteiger charge is 2.15. The molecule has 32 heavy (non-hydrogen) atoms. The van der Waals surface area contributed by atoms with Crippen molar-refractivity contribution in [1.29, 1.82) is 0 Å². The van der Waals surface area contributed by atoms with Crippen molar-refractivity contribution >= 4 is 21.9 Å². The summed E-state index contributed by atoms with van der Waals surface area (Å²) >= 11 is 0. The molecule has 0 saturated heterocycles. The van der Waals surface area contributed by atoms with E-state index in [9.17, 15) is 0 Å². The average Bonchev–Trinajstić information content (AvgIpc) is 3.48. The van der Waals surface area contributed by atoms with Gasteiger partial charge >= 0.3 is 0 Å². The van der Waals surface area contributed by atoms with E-state index in [1.54, 1.807) is 25.7 Å². The van der Waals surface area contributed by atoms with Gasteiger partial charge in [-0.2, -0.15) is 5.10 Å². The molecule has 0 spiro atoms. The first kappa shape index (κ1) is 18.3. The number of nitrogens with zero attached hydrogens (tertiary/aromatic N) is 4. The van der Waals surface area contributed by atoms with Gasteiger partial charge in [-0.25, -0.2) is 4.98 Å². The summed E-state index contributed by atoms with van der Waals surface area (Å²) < 4.78 is 5.31. The molecule has 0 bridgehead atoms. The topological polar surface area (TPSA) is 92.4 Å². The molecule has 6 aromatic rings. The van der Waals surface area contributed by atoms with Crippen molar-refractivity contribution in [2.75, 3.05) is 7.11 Å². The molecule has 0 fully saturated rings. The third-order valence-corrected chi connectivity index (χ3v) is 5.57. The second-order valence-corrected chi connectivity index (χ2v) is 7.47. The second kappa shape index (κ2) is 7.31. The molecular weight excluding hydrogens is 400 g/mol. The van der Waals surface area contributed by atoms with Crippen LogP contribution in [0.2, 0.25) is 0 Å². The van der Waals surface area contributed by atoms with Crippen LogP contribution in [-0.4, -0.2) is 37.2 Å². The molecule has 154 valence electrons. The van der Waals surface area contributed by atoms with E-state index in [4.69, 9.17) is 4.74 Å². The van der Waals surface area contributed by atoms with Gasteiger partial charge in [0.15, 0.2) is 5.65 Å². The first-order chi connectivity index (χ1) is 15.8. The predicted molar refractivity (Wildman–Crippen MR) is 124 cm³/mol. The van der Waals surface area contributed by atoms with Crippen LogP contribution in [0.4, 0.5) is 0 Å². The predicted octanol–water partition coefficient (Wildman–Crippen LogP) is 5.24. The molecule has 0 atom stereocenters. The van der Waals surface area contributed by atoms with Crippen LogP contribution in [-0.2, 0) is 0 Å². The van der Waals surface area contributed by atoms with Gasteiger partial charge in [-0.3, -0.25) is 15.1 Å². The lowest BCUT2D eigenvalue weighted by Crippen LogP contribution is -1.87. The van der Waals surface area contributed by atoms with Crippen LogP contribution in [0.3, 0.4) is 0 Å². The number of rotatable bonds is 4. The number of hydrogen-bond acceptors (Lipinski definition) is 5. The van der Waals surface area contributed by atoms with E-state index >= 15 is 0 Å². The Kier molecular flexibility index (Phi) is 4.18. The minimum absolute atomic E-state index is 0.656. The highest BCUT2D eigenvalue weighted by atomic mass is 16.5. The van der Waals surface area contributed by atoms with Crippen LogP contribution in [0.5, 0.6) is 5.75 Å². The van der Waals surface area contributed by atoms with Crippen LogP contribution < -0.4 is 4.74 Å². The Morgan fingerprint density at radius 2 is 1.78 bits per heavy atom. The number of H-pyrrole nitrogens is 2. The van der Waals surface area contributed by atoms with E-state index < -0.39 is 0 Å². The zero-order valence-corrected chi connectivity index (χ0v) is 17.2. The third-order valence-electron chi connectivity index (χ3n) is 5.57. The fourth-order valence-electron chi connectivity index (χ4n) is 3.99. The molecule has 7 heteroatoms. The Morgan fingerprint density at radius 1 is 0.844 bits per heavy atom. The van der Waals surface area contributed by atoms with E-state index in [1.165, 1.54) is 0 Å². The van der Waals surface area contributed by atoms with Crippen molar-refractivity contribution in [3.05, 3.63) is 79.4 Å². The van der Waals surface area contributed by atoms with Crippen molar-refractivity contribution in [1.82, 2.24) is 30.1 Å². The maximum atomic E-state index is 5.31. The maximum Gasteiger partial charge on any atom is 0.181 e. The number of pyridine rings is 3. The molecule has 5 aromatic heterocycles. The summed E-state index contributed by atoms with van der Waals surface area (Å²) in [5, 5.41) is 9.59. The fraction of sp³-hybridized carbons (Fsp3) is 0.0400. The van der Waals surface area contributed by atoms with Gasteiger partial charge < -0.3 is 9.72 Å². The number of aromatic nitrogens is 6. The summed E-state index contributed by atoms with van der Waals surface area (Å²) in [6, 6.07) is 18.3. The number of aromatic amines is 2. The van der Waals surface area contributed by atoms with Gasteiger partial charge in [0.2, 0.25) is 0 Å². The Labute approximate surface area is 183 Å². The van der Waals surface area contributed by atoms with Crippen LogP contribution in [0.1, 0.15) is 0 Å². The molecule has 7 nitrogen and oxygen atoms in total. The molecule has 0 amide bonds. The minimum atomic E-state index is 0.656. The number of fused-ring (bicyclic) bond motifs is 2. The van der Waals surface area contributed by atoms with E-state index in [0.717, 1.165) is 50.1 Å². The highest BCUT2D eigenvalue weighted by Crippen LogP contribution is 2.34. The minimum Gasteiger partial charge on any atom is -0.495 e. The number of ether oxygens (including phenoxy) is 1. The SMILES string of the molecule is COc1cncc(-c2cnc3n[nH]c(-c4cc5c(-c6ccccn6)cccc5[nH]4)c3c2)c1. The number of hydrogen-bond donors (Lipinski definition) is 2. The van der Waals surface area contributed by atoms with Gasteiger partial charge in [-0.1, -0.05) is 18.2 Å². The highest BCUT2D eigenvalue weighted by molar-refractivity contribution is 6.00. The molecule has 6 rings (SSSR count). The van der Waals surface area contributed by atoms with Gasteiger partial charge in [0.25, 0.3) is 0 Å². The molecule has 2 N–H and O–H groups in total. The van der Waals surface area contributed by atoms with Crippen LogP contribution in [0.15, 0.2) is 79.4 Å². The van der Waals surface area contributed by atoms with E-state index in [1.807, 2.05) is 36.5 Å². The van der Waals surface area contributed by atoms with Gasteiger partial charge in [-0.05, 0) is 36.4 Å². The largest absolute Gasteiger partial charge is 0.495 e. The zero-order valence-electron chi connectivity index (χ0n) is 17.2. The monoisotopic (exact) mass is 418 g/mol. The molecule has 5 heterocycles. The first-order valence-corrected chi connectivity index (χ1v) is 10.2. The van der Waals surface area contributed by atoms with Crippen molar-refractivity contribution < 1.29 is 4.74 Å². The lowest BCUT2D eigenvalue weighted by atomic mass is 10.1. The average molecular weight is 418 g/mol. The molecule has 0 unspecified atom stereocenters. The summed E-state index contributed by atoms with van der Waals surface area (Å²) in [6.45, 7) is 0. The smallest absolute Gasteiger partial charge is 0.181 e. The first-order valence-electron chi connectivity index (χ1n) is 10.2. The Morgan fingerprint density at radius 3 is 2.66 bits per heavy atom. The van der Waals surface area contributed by atoms with Gasteiger partial charge in [0.1, 0.15) is 5.75 Å². The fourth-order valence-corrected chi connectivity index (χ4v) is 3.99. The van der Waals surface area contributed by atoms with E-state index in [0.29, 0.717) is 11.4 Å². The molecule has 0 radical (unpaired) electrons. The van der Waals surface area contributed by atoms with Crippen molar-refractivity contribution in [2.24, 2.45) is 0 Å². The standard InChI is InChI=1S/C25H18N6O/c1-32-17-9-15(12-26-14-17)16-10-20-24(30-31-25(20)28-13-16)23-11-19-18(5-4-7-22(19)29-23)21-6-2-3-8-27-21/h2-14,29H,1H3,(H,28,30,31). The van der Waals surface area contributed by atoms with Gasteiger partial charge in [0, 0.05) is 51.6 Å². The second-order valence-electron chi connectivity index (χ2n) is 7.47. The number of nitrogens with one attached hydrogen (secondary N) is 2. The van der Waals surface area contributed by atoms with Crippen molar-refractivity contribution in [3.8, 4) is 39.5 Å². The van der Waals surface area contributed by atoms with Gasteiger partial charge in [-0.15, -0.1) is 0 Å². The summed E-state index contributed by atoms with van der Waals surface area (Å²) in [5.41, 5.74) is 7.40. The summed E-state index contributed by atoms with van der Waals surface area (Å²) in [7, 11) is 1.63. The molecule has 0 aliphatic heterocycles. The maximum absolute atomic E-state index is 5.31. The van der Waals surface area contributed by atoms with Gasteiger partial charge in [0.05, 0.1) is 30.4 Å². The van der Waals surface area contributed by atoms with E-state index in [2.05, 4.69) is 54.4 Å². The molecular formula is C25H18N6O. The summed E-state index contributed by atoms with van der Waals surface area (Å²) in [5.74, 6) is 0.702. The Bertz CT molecular complexity index is 1570. The molecule has 0 aliphatic carbocycles. The van der Waals surface area contributed by atoms with Crippen LogP contribution in [0, 0.1) is 0 Å². The lowest BCUT2D eigenvalue weighted by Gasteiger charge is -2.04. The third kappa shape index (κ3) is 2.99. The van der Waals surface area contributed by atoms with Crippen molar-refractivity contribution in [3.63, 3.8) is 0 Å². The van der Waals surface area contributed by atoms with E-state index in [-0.39, 0.29) is 0 Å². The summed E-state index contributed by atoms with van der Waals surface area (Å²) in [6.07, 6.45) is 7.09. The molecule has 0 aliphatic rings.